The maximum Gasteiger partial charge on any atom is 0.432 e. The number of anilines is 1. The first-order chi connectivity index (χ1) is 8.59. The number of aromatic amines is 1. The molecule has 2 rings (SSSR count). The number of carbonyl (C=O) groups excluding carboxylic acids is 1. The minimum absolute atomic E-state index is 0.386. The van der Waals surface area contributed by atoms with Crippen LogP contribution < -0.4 is 4.90 Å². The Morgan fingerprint density at radius 3 is 2.47 bits per heavy atom. The van der Waals surface area contributed by atoms with Crippen molar-refractivity contribution in [1.29, 1.82) is 0 Å². The Morgan fingerprint density at radius 1 is 1.42 bits per heavy atom. The van der Waals surface area contributed by atoms with E-state index in [1.54, 1.807) is 5.10 Å². The van der Waals surface area contributed by atoms with Crippen LogP contribution in [0.5, 0.6) is 0 Å². The smallest absolute Gasteiger partial charge is 0.294 e. The maximum absolute atomic E-state index is 12.7. The standard InChI is InChI=1S/C8H7F4N3O3S/c9-8(10,11)5-2-6(14-13-5)15-3-4(1-7(15)16)19(12,17)18/h2,4H,1,3H2,(H,13,14). The summed E-state index contributed by atoms with van der Waals surface area (Å²) in [6, 6.07) is 0.561. The molecule has 106 valence electrons. The summed E-state index contributed by atoms with van der Waals surface area (Å²) in [4.78, 5) is 12.2. The van der Waals surface area contributed by atoms with Gasteiger partial charge in [-0.15, -0.1) is 3.89 Å². The number of hydrogen-bond donors (Lipinski definition) is 1. The Kier molecular flexibility index (Phi) is 3.03. The Hall–Kier alpha value is -1.65. The topological polar surface area (TPSA) is 83.1 Å². The van der Waals surface area contributed by atoms with Crippen LogP contribution in [0.1, 0.15) is 12.1 Å². The summed E-state index contributed by atoms with van der Waals surface area (Å²) in [6.45, 7) is -0.556. The van der Waals surface area contributed by atoms with Crippen molar-refractivity contribution in [3.05, 3.63) is 11.8 Å². The number of hydrogen-bond acceptors (Lipinski definition) is 4. The average molecular weight is 301 g/mol. The van der Waals surface area contributed by atoms with Crippen LogP contribution in [0.2, 0.25) is 0 Å². The van der Waals surface area contributed by atoms with Gasteiger partial charge in [-0.2, -0.15) is 26.7 Å². The van der Waals surface area contributed by atoms with Gasteiger partial charge in [-0.3, -0.25) is 14.8 Å². The predicted octanol–water partition coefficient (Wildman–Crippen LogP) is 0.833. The Bertz CT molecular complexity index is 609. The number of H-pyrrole nitrogens is 1. The fourth-order valence-corrected chi connectivity index (χ4v) is 2.35. The van der Waals surface area contributed by atoms with Crippen LogP contribution in [0.4, 0.5) is 22.9 Å². The van der Waals surface area contributed by atoms with E-state index in [1.807, 2.05) is 0 Å². The normalized spacial score (nSPS) is 21.2. The average Bonchev–Trinajstić information content (AvgIpc) is 2.80. The molecule has 2 heterocycles. The number of halogens is 4. The third-order valence-corrected chi connectivity index (χ3v) is 3.75. The first kappa shape index (κ1) is 13.8. The van der Waals surface area contributed by atoms with Gasteiger partial charge in [-0.1, -0.05) is 0 Å². The number of amides is 1. The minimum Gasteiger partial charge on any atom is -0.294 e. The zero-order chi connectivity index (χ0) is 14.4. The van der Waals surface area contributed by atoms with Gasteiger partial charge in [0.2, 0.25) is 5.91 Å². The largest absolute Gasteiger partial charge is 0.432 e. The highest BCUT2D eigenvalue weighted by molar-refractivity contribution is 7.87. The van der Waals surface area contributed by atoms with Gasteiger partial charge in [0.1, 0.15) is 10.9 Å². The second-order valence-electron chi connectivity index (χ2n) is 3.94. The maximum atomic E-state index is 12.7. The molecular formula is C8H7F4N3O3S. The second-order valence-corrected chi connectivity index (χ2v) is 5.56. The molecule has 6 nitrogen and oxygen atoms in total. The SMILES string of the molecule is O=C1CC(S(=O)(=O)F)CN1c1cc(C(F)(F)F)[nH]n1. The quantitative estimate of drug-likeness (QED) is 0.648. The molecule has 0 bridgehead atoms. The van der Waals surface area contributed by atoms with Crippen LogP contribution in [0.15, 0.2) is 6.07 Å². The van der Waals surface area contributed by atoms with Crippen molar-refractivity contribution in [2.75, 3.05) is 11.4 Å². The highest BCUT2D eigenvalue weighted by Crippen LogP contribution is 2.31. The Morgan fingerprint density at radius 2 is 2.05 bits per heavy atom. The molecule has 1 atom stereocenters. The van der Waals surface area contributed by atoms with Gasteiger partial charge in [0.25, 0.3) is 0 Å². The molecule has 1 fully saturated rings. The summed E-state index contributed by atoms with van der Waals surface area (Å²) in [5.74, 6) is -1.19. The summed E-state index contributed by atoms with van der Waals surface area (Å²) < 4.78 is 71.0. The second kappa shape index (κ2) is 4.18. The molecular weight excluding hydrogens is 294 g/mol. The zero-order valence-corrected chi connectivity index (χ0v) is 9.92. The van der Waals surface area contributed by atoms with Crippen LogP contribution in [-0.4, -0.2) is 36.3 Å². The molecule has 1 unspecified atom stereocenters. The third kappa shape index (κ3) is 2.69. The first-order valence-electron chi connectivity index (χ1n) is 4.95. The van der Waals surface area contributed by atoms with Crippen molar-refractivity contribution in [3.63, 3.8) is 0 Å². The van der Waals surface area contributed by atoms with Crippen LogP contribution in [-0.2, 0) is 21.2 Å². The van der Waals surface area contributed by atoms with Gasteiger partial charge in [-0.05, 0) is 0 Å². The first-order valence-corrected chi connectivity index (χ1v) is 6.40. The molecule has 1 aliphatic heterocycles. The molecule has 1 aromatic heterocycles. The van der Waals surface area contributed by atoms with Gasteiger partial charge in [0.15, 0.2) is 5.82 Å². The van der Waals surface area contributed by atoms with Crippen molar-refractivity contribution in [1.82, 2.24) is 10.2 Å². The molecule has 0 spiro atoms. The van der Waals surface area contributed by atoms with Crippen LogP contribution >= 0.6 is 0 Å². The van der Waals surface area contributed by atoms with Gasteiger partial charge >= 0.3 is 16.4 Å². The summed E-state index contributed by atoms with van der Waals surface area (Å²) in [6.07, 6.45) is -5.29. The van der Waals surface area contributed by atoms with Gasteiger partial charge < -0.3 is 0 Å². The van der Waals surface area contributed by atoms with Crippen molar-refractivity contribution in [2.45, 2.75) is 17.8 Å². The molecule has 11 heteroatoms. The summed E-state index contributed by atoms with van der Waals surface area (Å²) in [5, 5.41) is 3.38. The molecule has 1 amide bonds. The third-order valence-electron chi connectivity index (χ3n) is 2.63. The number of carbonyl (C=O) groups is 1. The molecule has 0 saturated carbocycles. The zero-order valence-electron chi connectivity index (χ0n) is 9.11. The molecule has 0 aliphatic carbocycles. The van der Waals surface area contributed by atoms with E-state index < -0.39 is 46.2 Å². The summed E-state index contributed by atoms with van der Waals surface area (Å²) in [7, 11) is -4.92. The van der Waals surface area contributed by atoms with Crippen LogP contribution in [0.3, 0.4) is 0 Å². The van der Waals surface area contributed by atoms with E-state index in [1.165, 1.54) is 0 Å². The lowest BCUT2D eigenvalue weighted by atomic mass is 10.4. The van der Waals surface area contributed by atoms with Crippen molar-refractivity contribution in [3.8, 4) is 0 Å². The van der Waals surface area contributed by atoms with E-state index in [0.29, 0.717) is 11.0 Å². The summed E-state index contributed by atoms with van der Waals surface area (Å²) >= 11 is 0. The molecule has 1 aliphatic rings. The van der Waals surface area contributed by atoms with Gasteiger partial charge in [0, 0.05) is 19.0 Å². The van der Waals surface area contributed by atoms with Crippen molar-refractivity contribution >= 4 is 21.9 Å². The molecule has 1 N–H and O–H groups in total. The van der Waals surface area contributed by atoms with E-state index in [-0.39, 0.29) is 5.82 Å². The number of rotatable bonds is 2. The van der Waals surface area contributed by atoms with E-state index in [0.717, 1.165) is 0 Å². The van der Waals surface area contributed by atoms with Gasteiger partial charge in [0.05, 0.1) is 0 Å². The molecule has 1 saturated heterocycles. The predicted molar refractivity (Wildman–Crippen MR) is 54.4 cm³/mol. The fourth-order valence-electron chi connectivity index (χ4n) is 1.68. The Labute approximate surface area is 104 Å². The summed E-state index contributed by atoms with van der Waals surface area (Å²) in [5.41, 5.74) is -1.18. The van der Waals surface area contributed by atoms with E-state index in [9.17, 15) is 30.3 Å². The lowest BCUT2D eigenvalue weighted by Gasteiger charge is -2.11. The fraction of sp³-hybridized carbons (Fsp3) is 0.500. The number of aromatic nitrogens is 2. The van der Waals surface area contributed by atoms with Gasteiger partial charge in [-0.25, -0.2) is 0 Å². The molecule has 0 aromatic carbocycles. The van der Waals surface area contributed by atoms with E-state index in [4.69, 9.17) is 0 Å². The highest BCUT2D eigenvalue weighted by atomic mass is 32.3. The highest BCUT2D eigenvalue weighted by Gasteiger charge is 2.41. The monoisotopic (exact) mass is 301 g/mol. The van der Waals surface area contributed by atoms with Crippen LogP contribution in [0, 0.1) is 0 Å². The van der Waals surface area contributed by atoms with E-state index >= 15 is 0 Å². The van der Waals surface area contributed by atoms with E-state index in [2.05, 4.69) is 5.10 Å². The van der Waals surface area contributed by atoms with Crippen molar-refractivity contribution < 1.29 is 30.3 Å². The van der Waals surface area contributed by atoms with Crippen molar-refractivity contribution in [2.24, 2.45) is 0 Å². The lowest BCUT2D eigenvalue weighted by molar-refractivity contribution is -0.141. The van der Waals surface area contributed by atoms with Crippen LogP contribution in [0.25, 0.3) is 0 Å². The molecule has 19 heavy (non-hydrogen) atoms. The molecule has 0 radical (unpaired) electrons. The lowest BCUT2D eigenvalue weighted by Crippen LogP contribution is -2.27. The molecule has 1 aromatic rings. The number of nitrogens with one attached hydrogen (secondary N) is 1. The Balaban J connectivity index is 2.24. The minimum atomic E-state index is -4.92. The number of nitrogens with zero attached hydrogens (tertiary/aromatic N) is 2. The number of alkyl halides is 3.